The first kappa shape index (κ1) is 21.9. The van der Waals surface area contributed by atoms with E-state index in [4.69, 9.17) is 0 Å². The third kappa shape index (κ3) is 6.61. The zero-order chi connectivity index (χ0) is 21.2. The van der Waals surface area contributed by atoms with E-state index < -0.39 is 0 Å². The second kappa shape index (κ2) is 11.4. The Bertz CT molecular complexity index is 816. The highest BCUT2D eigenvalue weighted by Crippen LogP contribution is 2.29. The third-order valence-corrected chi connectivity index (χ3v) is 5.85. The summed E-state index contributed by atoms with van der Waals surface area (Å²) in [5, 5.41) is 5.77. The highest BCUT2D eigenvalue weighted by atomic mass is 16.2. The number of hydrogen-bond donors (Lipinski definition) is 2. The van der Waals surface area contributed by atoms with Gasteiger partial charge < -0.3 is 15.5 Å². The first-order chi connectivity index (χ1) is 14.6. The lowest BCUT2D eigenvalue weighted by molar-refractivity contribution is -0.118. The summed E-state index contributed by atoms with van der Waals surface area (Å²) in [5.41, 5.74) is 2.76. The van der Waals surface area contributed by atoms with E-state index in [2.05, 4.69) is 10.6 Å². The molecule has 30 heavy (non-hydrogen) atoms. The Morgan fingerprint density at radius 1 is 1.00 bits per heavy atom. The minimum absolute atomic E-state index is 0.178. The van der Waals surface area contributed by atoms with Crippen molar-refractivity contribution in [1.29, 1.82) is 0 Å². The van der Waals surface area contributed by atoms with Crippen LogP contribution in [0.15, 0.2) is 54.6 Å². The second-order valence-corrected chi connectivity index (χ2v) is 8.12. The van der Waals surface area contributed by atoms with Gasteiger partial charge in [-0.1, -0.05) is 62.1 Å². The van der Waals surface area contributed by atoms with Gasteiger partial charge in [-0.3, -0.25) is 4.79 Å². The summed E-state index contributed by atoms with van der Waals surface area (Å²) in [6, 6.07) is 17.3. The molecule has 0 bridgehead atoms. The summed E-state index contributed by atoms with van der Waals surface area (Å²) in [6.07, 6.45) is 7.41. The largest absolute Gasteiger partial charge is 0.338 e. The molecule has 1 saturated carbocycles. The number of aryl methyl sites for hydroxylation is 1. The average molecular weight is 408 g/mol. The molecule has 1 aliphatic carbocycles. The number of nitrogens with one attached hydrogen (secondary N) is 2. The second-order valence-electron chi connectivity index (χ2n) is 8.12. The molecule has 0 atom stereocenters. The van der Waals surface area contributed by atoms with E-state index >= 15 is 0 Å². The Balaban J connectivity index is 1.47. The van der Waals surface area contributed by atoms with E-state index in [-0.39, 0.29) is 11.9 Å². The molecule has 3 rings (SSSR count). The van der Waals surface area contributed by atoms with Crippen LogP contribution in [0.3, 0.4) is 0 Å². The van der Waals surface area contributed by atoms with Gasteiger partial charge in [-0.05, 0) is 49.4 Å². The Labute approximate surface area is 179 Å². The van der Waals surface area contributed by atoms with E-state index in [1.165, 1.54) is 25.7 Å². The number of para-hydroxylation sites is 2. The van der Waals surface area contributed by atoms with Crippen LogP contribution >= 0.6 is 0 Å². The van der Waals surface area contributed by atoms with Gasteiger partial charge in [0.2, 0.25) is 5.91 Å². The van der Waals surface area contributed by atoms with Gasteiger partial charge in [-0.2, -0.15) is 0 Å². The van der Waals surface area contributed by atoms with Crippen LogP contribution in [-0.2, 0) is 4.79 Å². The molecule has 3 amide bonds. The molecule has 1 aliphatic rings. The number of amides is 3. The summed E-state index contributed by atoms with van der Waals surface area (Å²) in [6.45, 7) is 3.07. The number of rotatable bonds is 9. The molecule has 2 aromatic carbocycles. The van der Waals surface area contributed by atoms with Gasteiger partial charge in [0.25, 0.3) is 0 Å². The van der Waals surface area contributed by atoms with Gasteiger partial charge in [0.1, 0.15) is 0 Å². The fraction of sp³-hybridized carbons (Fsp3) is 0.440. The van der Waals surface area contributed by atoms with Crippen molar-refractivity contribution in [3.63, 3.8) is 0 Å². The van der Waals surface area contributed by atoms with Gasteiger partial charge in [0.15, 0.2) is 0 Å². The summed E-state index contributed by atoms with van der Waals surface area (Å²) in [7, 11) is 0. The standard InChI is InChI=1S/C25H33N3O2/c1-20-10-5-8-15-23(20)27-25(30)26-18-9-19-28(22-13-3-2-4-14-22)24(29)17-16-21-11-6-7-12-21/h2-5,8,10,13-15,21H,6-7,9,11-12,16-19H2,1H3,(H2,26,27,30). The molecule has 2 N–H and O–H groups in total. The monoisotopic (exact) mass is 407 g/mol. The van der Waals surface area contributed by atoms with E-state index in [9.17, 15) is 9.59 Å². The first-order valence-corrected chi connectivity index (χ1v) is 11.1. The lowest BCUT2D eigenvalue weighted by Crippen LogP contribution is -2.35. The van der Waals surface area contributed by atoms with Crippen molar-refractivity contribution in [2.75, 3.05) is 23.3 Å². The number of nitrogens with zero attached hydrogens (tertiary/aromatic N) is 1. The molecule has 0 saturated heterocycles. The SMILES string of the molecule is Cc1ccccc1NC(=O)NCCCN(C(=O)CCC1CCCC1)c1ccccc1. The molecule has 0 spiro atoms. The fourth-order valence-corrected chi connectivity index (χ4v) is 4.09. The Kier molecular flexibility index (Phi) is 8.30. The molecule has 5 nitrogen and oxygen atoms in total. The molecule has 1 fully saturated rings. The number of hydrogen-bond acceptors (Lipinski definition) is 2. The third-order valence-electron chi connectivity index (χ3n) is 5.85. The number of carbonyl (C=O) groups is 2. The quantitative estimate of drug-likeness (QED) is 0.538. The van der Waals surface area contributed by atoms with Crippen LogP contribution in [0.2, 0.25) is 0 Å². The molecule has 2 aromatic rings. The van der Waals surface area contributed by atoms with Gasteiger partial charge in [0, 0.05) is 30.9 Å². The molecule has 5 heteroatoms. The van der Waals surface area contributed by atoms with Crippen molar-refractivity contribution in [3.8, 4) is 0 Å². The van der Waals surface area contributed by atoms with E-state index in [1.807, 2.05) is 66.4 Å². The summed E-state index contributed by atoms with van der Waals surface area (Å²) in [4.78, 5) is 27.0. The van der Waals surface area contributed by atoms with Gasteiger partial charge in [0.05, 0.1) is 0 Å². The Morgan fingerprint density at radius 2 is 1.70 bits per heavy atom. The van der Waals surface area contributed by atoms with E-state index in [0.29, 0.717) is 31.8 Å². The Hall–Kier alpha value is -2.82. The van der Waals surface area contributed by atoms with Crippen molar-refractivity contribution < 1.29 is 9.59 Å². The average Bonchev–Trinajstić information content (AvgIpc) is 3.28. The van der Waals surface area contributed by atoms with Crippen LogP contribution in [-0.4, -0.2) is 25.0 Å². The molecule has 160 valence electrons. The zero-order valence-corrected chi connectivity index (χ0v) is 17.9. The molecule has 0 radical (unpaired) electrons. The van der Waals surface area contributed by atoms with Gasteiger partial charge >= 0.3 is 6.03 Å². The van der Waals surface area contributed by atoms with Crippen LogP contribution in [0.5, 0.6) is 0 Å². The number of carbonyl (C=O) groups excluding carboxylic acids is 2. The maximum Gasteiger partial charge on any atom is 0.319 e. The summed E-state index contributed by atoms with van der Waals surface area (Å²) in [5.74, 6) is 0.885. The fourth-order valence-electron chi connectivity index (χ4n) is 4.09. The van der Waals surface area contributed by atoms with E-state index in [0.717, 1.165) is 23.4 Å². The maximum absolute atomic E-state index is 12.9. The minimum atomic E-state index is -0.219. The van der Waals surface area contributed by atoms with Crippen LogP contribution in [0.25, 0.3) is 0 Å². The lowest BCUT2D eigenvalue weighted by atomic mass is 10.0. The molecular weight excluding hydrogens is 374 g/mol. The minimum Gasteiger partial charge on any atom is -0.338 e. The molecule has 0 aliphatic heterocycles. The molecule has 0 aromatic heterocycles. The van der Waals surface area contributed by atoms with Crippen LogP contribution < -0.4 is 15.5 Å². The number of benzene rings is 2. The van der Waals surface area contributed by atoms with Crippen LogP contribution in [0, 0.1) is 12.8 Å². The van der Waals surface area contributed by atoms with Crippen molar-refractivity contribution >= 4 is 23.3 Å². The van der Waals surface area contributed by atoms with Crippen LogP contribution in [0.1, 0.15) is 50.5 Å². The molecular formula is C25H33N3O2. The lowest BCUT2D eigenvalue weighted by Gasteiger charge is -2.24. The normalized spacial score (nSPS) is 13.8. The molecule has 0 unspecified atom stereocenters. The highest BCUT2D eigenvalue weighted by Gasteiger charge is 2.20. The number of urea groups is 1. The Morgan fingerprint density at radius 3 is 2.43 bits per heavy atom. The summed E-state index contributed by atoms with van der Waals surface area (Å²) >= 11 is 0. The highest BCUT2D eigenvalue weighted by molar-refractivity contribution is 5.93. The van der Waals surface area contributed by atoms with Crippen LogP contribution in [0.4, 0.5) is 16.2 Å². The van der Waals surface area contributed by atoms with Crippen molar-refractivity contribution in [1.82, 2.24) is 5.32 Å². The smallest absolute Gasteiger partial charge is 0.319 e. The zero-order valence-electron chi connectivity index (χ0n) is 17.9. The predicted molar refractivity (Wildman–Crippen MR) is 123 cm³/mol. The summed E-state index contributed by atoms with van der Waals surface area (Å²) < 4.78 is 0. The van der Waals surface area contributed by atoms with Crippen molar-refractivity contribution in [3.05, 3.63) is 60.2 Å². The maximum atomic E-state index is 12.9. The van der Waals surface area contributed by atoms with E-state index in [1.54, 1.807) is 0 Å². The van der Waals surface area contributed by atoms with Crippen molar-refractivity contribution in [2.45, 2.75) is 51.9 Å². The van der Waals surface area contributed by atoms with Crippen molar-refractivity contribution in [2.24, 2.45) is 5.92 Å². The topological polar surface area (TPSA) is 61.4 Å². The number of anilines is 2. The van der Waals surface area contributed by atoms with Gasteiger partial charge in [-0.25, -0.2) is 4.79 Å². The van der Waals surface area contributed by atoms with Gasteiger partial charge in [-0.15, -0.1) is 0 Å². The molecule has 0 heterocycles. The first-order valence-electron chi connectivity index (χ1n) is 11.1. The predicted octanol–water partition coefficient (Wildman–Crippen LogP) is 5.51.